The molecule has 26 heavy (non-hydrogen) atoms. The molecule has 0 atom stereocenters. The van der Waals surface area contributed by atoms with Crippen molar-refractivity contribution in [2.24, 2.45) is 0 Å². The number of thiazole rings is 1. The zero-order chi connectivity index (χ0) is 18.5. The van der Waals surface area contributed by atoms with Crippen molar-refractivity contribution >= 4 is 35.1 Å². The van der Waals surface area contributed by atoms with Crippen LogP contribution < -0.4 is 15.2 Å². The third-order valence-electron chi connectivity index (χ3n) is 3.87. The van der Waals surface area contributed by atoms with Crippen LogP contribution in [0.15, 0.2) is 61.2 Å². The monoisotopic (exact) mass is 360 g/mol. The lowest BCUT2D eigenvalue weighted by atomic mass is 10.1. The number of nitrogens with zero attached hydrogens (tertiary/aromatic N) is 1. The van der Waals surface area contributed by atoms with Crippen molar-refractivity contribution in [3.8, 4) is 10.6 Å². The molecule has 1 heterocycles. The molecule has 1 aromatic heterocycles. The molecule has 0 unspecified atom stereocenters. The van der Waals surface area contributed by atoms with Crippen molar-refractivity contribution in [2.75, 3.05) is 5.32 Å². The lowest BCUT2D eigenvalue weighted by Gasteiger charge is -2.07. The highest BCUT2D eigenvalue weighted by Crippen LogP contribution is 2.22. The fourth-order valence-electron chi connectivity index (χ4n) is 2.62. The predicted octanol–water partition coefficient (Wildman–Crippen LogP) is 4.14. The van der Waals surface area contributed by atoms with Gasteiger partial charge in [-0.1, -0.05) is 48.6 Å². The van der Waals surface area contributed by atoms with E-state index in [4.69, 9.17) is 0 Å². The number of anilines is 1. The first kappa shape index (κ1) is 17.8. The summed E-state index contributed by atoms with van der Waals surface area (Å²) in [6.07, 6.45) is 5.71. The molecular weight excluding hydrogens is 340 g/mol. The van der Waals surface area contributed by atoms with Crippen LogP contribution in [0.25, 0.3) is 22.7 Å². The van der Waals surface area contributed by atoms with E-state index in [1.807, 2.05) is 74.5 Å². The van der Waals surface area contributed by atoms with E-state index in [0.717, 1.165) is 31.7 Å². The average Bonchev–Trinajstić information content (AvgIpc) is 3.05. The van der Waals surface area contributed by atoms with Gasteiger partial charge in [-0.3, -0.25) is 4.79 Å². The normalized spacial score (nSPS) is 12.2. The zero-order valence-corrected chi connectivity index (χ0v) is 15.6. The molecule has 4 heteroatoms. The molecule has 0 bridgehead atoms. The second kappa shape index (κ2) is 7.93. The number of carbonyl (C=O) groups excluding carboxylic acids is 1. The van der Waals surface area contributed by atoms with Crippen LogP contribution in [-0.2, 0) is 0 Å². The number of rotatable bonds is 4. The Labute approximate surface area is 157 Å². The van der Waals surface area contributed by atoms with Crippen LogP contribution >= 0.6 is 11.3 Å². The molecule has 1 N–H and O–H groups in total. The number of aromatic nitrogens is 1. The maximum absolute atomic E-state index is 12.5. The number of carbonyl (C=O) groups is 1. The maximum atomic E-state index is 12.5. The minimum absolute atomic E-state index is 0.117. The Morgan fingerprint density at radius 2 is 2.00 bits per heavy atom. The average molecular weight is 360 g/mol. The summed E-state index contributed by atoms with van der Waals surface area (Å²) in [5.74, 6) is -0.117. The van der Waals surface area contributed by atoms with Gasteiger partial charge in [-0.15, -0.1) is 11.3 Å². The second-order valence-electron chi connectivity index (χ2n) is 5.86. The molecule has 3 nitrogen and oxygen atoms in total. The van der Waals surface area contributed by atoms with Gasteiger partial charge < -0.3 is 5.32 Å². The molecule has 0 saturated heterocycles. The summed E-state index contributed by atoms with van der Waals surface area (Å²) in [5.41, 5.74) is 3.43. The van der Waals surface area contributed by atoms with Crippen LogP contribution in [-0.4, -0.2) is 10.9 Å². The molecule has 0 spiro atoms. The van der Waals surface area contributed by atoms with Crippen LogP contribution in [0.4, 0.5) is 5.69 Å². The van der Waals surface area contributed by atoms with Crippen LogP contribution in [0.5, 0.6) is 0 Å². The lowest BCUT2D eigenvalue weighted by molar-refractivity contribution is 0.102. The number of amides is 1. The largest absolute Gasteiger partial charge is 0.322 e. The van der Waals surface area contributed by atoms with Gasteiger partial charge >= 0.3 is 0 Å². The summed E-state index contributed by atoms with van der Waals surface area (Å²) in [5, 5.41) is 4.82. The van der Waals surface area contributed by atoms with Crippen molar-refractivity contribution in [3.63, 3.8) is 0 Å². The summed E-state index contributed by atoms with van der Waals surface area (Å²) in [6, 6.07) is 15.3. The number of nitrogens with one attached hydrogen (secondary N) is 1. The van der Waals surface area contributed by atoms with Gasteiger partial charge in [-0.25, -0.2) is 4.98 Å². The van der Waals surface area contributed by atoms with Gasteiger partial charge in [0.15, 0.2) is 0 Å². The standard InChI is InChI=1S/C22H20N2OS/c1-4-8-20-19(5-2)24-22(26-20)17-11-7-12-18(14-17)23-21(25)16-10-6-9-15(3)13-16/h4-14H,1H2,2-3H3,(H,23,25)/b19-5+,20-8+. The molecule has 0 fully saturated rings. The Balaban J connectivity index is 1.91. The third-order valence-corrected chi connectivity index (χ3v) is 4.96. The number of allylic oxidation sites excluding steroid dienone is 1. The van der Waals surface area contributed by atoms with Gasteiger partial charge in [0.2, 0.25) is 0 Å². The van der Waals surface area contributed by atoms with Crippen molar-refractivity contribution < 1.29 is 4.79 Å². The summed E-state index contributed by atoms with van der Waals surface area (Å²) in [4.78, 5) is 17.1. The first-order valence-corrected chi connectivity index (χ1v) is 9.17. The van der Waals surface area contributed by atoms with E-state index in [9.17, 15) is 4.79 Å². The molecule has 3 rings (SSSR count). The molecule has 0 radical (unpaired) electrons. The van der Waals surface area contributed by atoms with Gasteiger partial charge in [0.05, 0.1) is 9.88 Å². The van der Waals surface area contributed by atoms with Gasteiger partial charge in [0.1, 0.15) is 5.01 Å². The van der Waals surface area contributed by atoms with Crippen molar-refractivity contribution in [2.45, 2.75) is 13.8 Å². The first-order valence-electron chi connectivity index (χ1n) is 8.35. The smallest absolute Gasteiger partial charge is 0.255 e. The van der Waals surface area contributed by atoms with Crippen LogP contribution in [0.3, 0.4) is 0 Å². The molecule has 0 aliphatic heterocycles. The Bertz CT molecular complexity index is 1080. The number of hydrogen-bond acceptors (Lipinski definition) is 3. The Kier molecular flexibility index (Phi) is 5.44. The van der Waals surface area contributed by atoms with Gasteiger partial charge in [0.25, 0.3) is 5.91 Å². The van der Waals surface area contributed by atoms with Gasteiger partial charge in [-0.05, 0) is 44.2 Å². The summed E-state index contributed by atoms with van der Waals surface area (Å²) in [6.45, 7) is 7.70. The zero-order valence-electron chi connectivity index (χ0n) is 14.8. The van der Waals surface area contributed by atoms with Gasteiger partial charge in [0, 0.05) is 16.8 Å². The van der Waals surface area contributed by atoms with Crippen LogP contribution in [0.2, 0.25) is 0 Å². The molecule has 0 aliphatic carbocycles. The van der Waals surface area contributed by atoms with Gasteiger partial charge in [-0.2, -0.15) is 0 Å². The Hall–Kier alpha value is -2.98. The first-order chi connectivity index (χ1) is 12.6. The van der Waals surface area contributed by atoms with E-state index in [1.165, 1.54) is 0 Å². The minimum atomic E-state index is -0.117. The number of benzene rings is 2. The second-order valence-corrected chi connectivity index (χ2v) is 6.89. The van der Waals surface area contributed by atoms with Crippen molar-refractivity contribution in [1.82, 2.24) is 4.98 Å². The third kappa shape index (κ3) is 3.98. The number of hydrogen-bond donors (Lipinski definition) is 1. The summed E-state index contributed by atoms with van der Waals surface area (Å²) in [7, 11) is 0. The quantitative estimate of drug-likeness (QED) is 0.760. The molecule has 1 amide bonds. The van der Waals surface area contributed by atoms with Crippen molar-refractivity contribution in [1.29, 1.82) is 0 Å². The molecule has 0 saturated carbocycles. The van der Waals surface area contributed by atoms with E-state index in [-0.39, 0.29) is 5.91 Å². The van der Waals surface area contributed by atoms with E-state index in [1.54, 1.807) is 17.4 Å². The number of aryl methyl sites for hydroxylation is 1. The van der Waals surface area contributed by atoms with E-state index >= 15 is 0 Å². The minimum Gasteiger partial charge on any atom is -0.322 e. The molecule has 130 valence electrons. The van der Waals surface area contributed by atoms with E-state index in [0.29, 0.717) is 5.56 Å². The van der Waals surface area contributed by atoms with E-state index in [2.05, 4.69) is 16.9 Å². The lowest BCUT2D eigenvalue weighted by Crippen LogP contribution is -2.19. The van der Waals surface area contributed by atoms with Crippen LogP contribution in [0, 0.1) is 6.92 Å². The Morgan fingerprint density at radius 3 is 2.73 bits per heavy atom. The highest BCUT2D eigenvalue weighted by atomic mass is 32.1. The topological polar surface area (TPSA) is 42.0 Å². The molecule has 3 aromatic rings. The Morgan fingerprint density at radius 1 is 1.19 bits per heavy atom. The molecule has 2 aromatic carbocycles. The van der Waals surface area contributed by atoms with E-state index < -0.39 is 0 Å². The predicted molar refractivity (Wildman–Crippen MR) is 111 cm³/mol. The summed E-state index contributed by atoms with van der Waals surface area (Å²) >= 11 is 1.61. The molecular formula is C22H20N2OS. The fraction of sp³-hybridized carbons (Fsp3) is 0.0909. The summed E-state index contributed by atoms with van der Waals surface area (Å²) < 4.78 is 1.08. The molecule has 0 aliphatic rings. The maximum Gasteiger partial charge on any atom is 0.255 e. The highest BCUT2D eigenvalue weighted by Gasteiger charge is 2.08. The fourth-order valence-corrected chi connectivity index (χ4v) is 3.65. The highest BCUT2D eigenvalue weighted by molar-refractivity contribution is 7.13. The SMILES string of the molecule is C=C/C=c1/sc(-c2cccc(NC(=O)c3cccc(C)c3)c2)n/c1=C/C. The van der Waals surface area contributed by atoms with Crippen molar-refractivity contribution in [3.05, 3.63) is 82.2 Å². The van der Waals surface area contributed by atoms with Crippen LogP contribution in [0.1, 0.15) is 22.8 Å².